The second kappa shape index (κ2) is 9.31. The van der Waals surface area contributed by atoms with Crippen LogP contribution in [-0.2, 0) is 4.74 Å². The fourth-order valence-electron chi connectivity index (χ4n) is 2.49. The van der Waals surface area contributed by atoms with Gasteiger partial charge in [-0.25, -0.2) is 9.78 Å². The number of para-hydroxylation sites is 2. The first-order valence-electron chi connectivity index (χ1n) is 8.36. The van der Waals surface area contributed by atoms with E-state index in [-0.39, 0.29) is 24.5 Å². The first-order valence-corrected chi connectivity index (χ1v) is 9.44. The second-order valence-electron chi connectivity index (χ2n) is 5.74. The number of imidazole rings is 1. The maximum Gasteiger partial charge on any atom is 0.338 e. The molecule has 0 spiro atoms. The number of hydrogen-bond donors (Lipinski definition) is 1. The lowest BCUT2D eigenvalue weighted by Crippen LogP contribution is -2.15. The third-order valence-electron chi connectivity index (χ3n) is 3.85. The van der Waals surface area contributed by atoms with Crippen LogP contribution in [0.1, 0.15) is 28.7 Å². The number of aromatic amines is 1. The molecule has 0 aliphatic rings. The monoisotopic (exact) mass is 493 g/mol. The molecule has 0 aliphatic carbocycles. The Bertz CT molecular complexity index is 944. The van der Waals surface area contributed by atoms with Crippen molar-refractivity contribution in [1.29, 1.82) is 0 Å². The zero-order chi connectivity index (χ0) is 19.9. The summed E-state index contributed by atoms with van der Waals surface area (Å²) in [5.74, 6) is 0.168. The molecule has 0 saturated heterocycles. The van der Waals surface area contributed by atoms with Crippen LogP contribution in [0.2, 0.25) is 0 Å². The lowest BCUT2D eigenvalue weighted by atomic mass is 10.2. The van der Waals surface area contributed by atoms with Crippen molar-refractivity contribution in [3.63, 3.8) is 0 Å². The molecule has 28 heavy (non-hydrogen) atoms. The molecule has 8 nitrogen and oxygen atoms in total. The molecule has 3 aromatic rings. The highest BCUT2D eigenvalue weighted by Crippen LogP contribution is 2.31. The average molecular weight is 493 g/mol. The summed E-state index contributed by atoms with van der Waals surface area (Å²) in [6, 6.07) is 13.1. The first kappa shape index (κ1) is 19.8. The van der Waals surface area contributed by atoms with Gasteiger partial charge >= 0.3 is 11.7 Å². The molecule has 0 fully saturated rings. The predicted molar refractivity (Wildman–Crippen MR) is 109 cm³/mol. The van der Waals surface area contributed by atoms with Crippen LogP contribution in [0.3, 0.4) is 0 Å². The van der Waals surface area contributed by atoms with Crippen LogP contribution < -0.4 is 4.74 Å². The minimum absolute atomic E-state index is 0.0663. The van der Waals surface area contributed by atoms with Gasteiger partial charge in [-0.2, -0.15) is 0 Å². The summed E-state index contributed by atoms with van der Waals surface area (Å²) in [5, 5.41) is 11.2. The zero-order valence-electron chi connectivity index (χ0n) is 14.6. The van der Waals surface area contributed by atoms with Crippen LogP contribution in [0.25, 0.3) is 0 Å². The summed E-state index contributed by atoms with van der Waals surface area (Å²) >= 11 is 2.15. The number of benzene rings is 2. The predicted octanol–water partition coefficient (Wildman–Crippen LogP) is 4.29. The van der Waals surface area contributed by atoms with E-state index < -0.39 is 17.0 Å². The van der Waals surface area contributed by atoms with Crippen molar-refractivity contribution >= 4 is 34.2 Å². The number of carbonyl (C=O) groups excluding carboxylic acids is 1. The van der Waals surface area contributed by atoms with Crippen LogP contribution in [0.15, 0.2) is 60.9 Å². The minimum atomic E-state index is -0.638. The van der Waals surface area contributed by atoms with Crippen molar-refractivity contribution < 1.29 is 19.2 Å². The fraction of sp³-hybridized carbons (Fsp3) is 0.158. The number of hydrogen-bond acceptors (Lipinski definition) is 6. The molecule has 2 aromatic carbocycles. The minimum Gasteiger partial charge on any atom is -0.475 e. The lowest BCUT2D eigenvalue weighted by Gasteiger charge is -2.17. The summed E-state index contributed by atoms with van der Waals surface area (Å²) in [6.45, 7) is 0.0663. The topological polar surface area (TPSA) is 107 Å². The zero-order valence-corrected chi connectivity index (χ0v) is 16.7. The highest BCUT2D eigenvalue weighted by molar-refractivity contribution is 14.1. The number of halogens is 1. The van der Waals surface area contributed by atoms with E-state index in [4.69, 9.17) is 9.47 Å². The van der Waals surface area contributed by atoms with E-state index in [1.165, 1.54) is 12.1 Å². The standard InChI is InChI=1S/C19H16IN3O5/c20-14-7-5-13(6-8-14)19(24)27-12-9-17(18-21-10-11-22-18)28-16-4-2-1-3-15(16)23(25)26/h1-8,10-11,17H,9,12H2,(H,21,22). The largest absolute Gasteiger partial charge is 0.475 e. The van der Waals surface area contributed by atoms with Crippen molar-refractivity contribution in [2.24, 2.45) is 0 Å². The van der Waals surface area contributed by atoms with Crippen molar-refractivity contribution in [3.05, 3.63) is 86.0 Å². The molecule has 9 heteroatoms. The van der Waals surface area contributed by atoms with Gasteiger partial charge in [-0.05, 0) is 52.9 Å². The Morgan fingerprint density at radius 2 is 1.96 bits per heavy atom. The van der Waals surface area contributed by atoms with E-state index in [0.29, 0.717) is 11.4 Å². The van der Waals surface area contributed by atoms with Gasteiger partial charge in [-0.3, -0.25) is 10.1 Å². The van der Waals surface area contributed by atoms with Gasteiger partial charge in [0, 0.05) is 28.5 Å². The van der Waals surface area contributed by atoms with Crippen molar-refractivity contribution in [2.45, 2.75) is 12.5 Å². The van der Waals surface area contributed by atoms with Gasteiger partial charge in [0.15, 0.2) is 11.9 Å². The van der Waals surface area contributed by atoms with Gasteiger partial charge in [0.05, 0.1) is 17.1 Å². The Morgan fingerprint density at radius 3 is 2.64 bits per heavy atom. The molecule has 0 aliphatic heterocycles. The Balaban J connectivity index is 1.67. The molecule has 1 heterocycles. The van der Waals surface area contributed by atoms with E-state index in [9.17, 15) is 14.9 Å². The van der Waals surface area contributed by atoms with Gasteiger partial charge in [-0.15, -0.1) is 0 Å². The summed E-state index contributed by atoms with van der Waals surface area (Å²) in [5.41, 5.74) is 0.310. The Hall–Kier alpha value is -2.95. The van der Waals surface area contributed by atoms with Crippen molar-refractivity contribution in [2.75, 3.05) is 6.61 Å². The number of H-pyrrole nitrogens is 1. The van der Waals surface area contributed by atoms with Gasteiger partial charge in [0.1, 0.15) is 5.82 Å². The van der Waals surface area contributed by atoms with E-state index in [2.05, 4.69) is 32.6 Å². The van der Waals surface area contributed by atoms with Gasteiger partial charge in [-0.1, -0.05) is 12.1 Å². The maximum atomic E-state index is 12.1. The van der Waals surface area contributed by atoms with Gasteiger partial charge in [0.25, 0.3) is 0 Å². The molecule has 0 radical (unpaired) electrons. The number of nitro benzene ring substituents is 1. The van der Waals surface area contributed by atoms with Gasteiger partial charge in [0.2, 0.25) is 0 Å². The molecule has 144 valence electrons. The van der Waals surface area contributed by atoms with Crippen molar-refractivity contribution in [1.82, 2.24) is 9.97 Å². The molecular formula is C19H16IN3O5. The highest BCUT2D eigenvalue weighted by atomic mass is 127. The molecule has 0 saturated carbocycles. The lowest BCUT2D eigenvalue weighted by molar-refractivity contribution is -0.386. The normalized spacial score (nSPS) is 11.6. The number of nitro groups is 1. The molecule has 0 amide bonds. The fourth-order valence-corrected chi connectivity index (χ4v) is 2.85. The number of rotatable bonds is 8. The quantitative estimate of drug-likeness (QED) is 0.217. The molecular weight excluding hydrogens is 477 g/mol. The van der Waals surface area contributed by atoms with Crippen LogP contribution in [0, 0.1) is 13.7 Å². The van der Waals surface area contributed by atoms with E-state index in [1.54, 1.807) is 36.7 Å². The number of aromatic nitrogens is 2. The number of nitrogens with one attached hydrogen (secondary N) is 1. The summed E-state index contributed by atoms with van der Waals surface area (Å²) in [6.07, 6.45) is 2.82. The Kier molecular flexibility index (Phi) is 6.58. The smallest absolute Gasteiger partial charge is 0.338 e. The maximum absolute atomic E-state index is 12.1. The van der Waals surface area contributed by atoms with Crippen LogP contribution >= 0.6 is 22.6 Å². The Labute approximate surface area is 174 Å². The molecule has 1 unspecified atom stereocenters. The molecule has 1 aromatic heterocycles. The molecule has 3 rings (SSSR count). The average Bonchev–Trinajstić information content (AvgIpc) is 3.22. The van der Waals surface area contributed by atoms with Crippen LogP contribution in [0.5, 0.6) is 5.75 Å². The summed E-state index contributed by atoms with van der Waals surface area (Å²) < 4.78 is 12.2. The highest BCUT2D eigenvalue weighted by Gasteiger charge is 2.22. The number of esters is 1. The number of ether oxygens (including phenoxy) is 2. The Morgan fingerprint density at radius 1 is 1.21 bits per heavy atom. The third-order valence-corrected chi connectivity index (χ3v) is 4.57. The third kappa shape index (κ3) is 5.06. The van der Waals surface area contributed by atoms with E-state index in [1.807, 2.05) is 12.1 Å². The molecule has 1 N–H and O–H groups in total. The summed E-state index contributed by atoms with van der Waals surface area (Å²) in [4.78, 5) is 29.9. The van der Waals surface area contributed by atoms with E-state index >= 15 is 0 Å². The molecule has 1 atom stereocenters. The first-order chi connectivity index (χ1) is 13.5. The SMILES string of the molecule is O=C(OCCC(Oc1ccccc1[N+](=O)[O-])c1ncc[nH]1)c1ccc(I)cc1. The molecule has 0 bridgehead atoms. The van der Waals surface area contributed by atoms with Crippen LogP contribution in [-0.4, -0.2) is 27.5 Å². The van der Waals surface area contributed by atoms with Gasteiger partial charge < -0.3 is 14.5 Å². The summed E-state index contributed by atoms with van der Waals surface area (Å²) in [7, 11) is 0. The second-order valence-corrected chi connectivity index (χ2v) is 6.98. The van der Waals surface area contributed by atoms with Crippen molar-refractivity contribution in [3.8, 4) is 5.75 Å². The van der Waals surface area contributed by atoms with Crippen LogP contribution in [0.4, 0.5) is 5.69 Å². The number of nitrogens with zero attached hydrogens (tertiary/aromatic N) is 2. The number of carbonyl (C=O) groups is 1. The van der Waals surface area contributed by atoms with E-state index in [0.717, 1.165) is 3.57 Å².